The van der Waals surface area contributed by atoms with Gasteiger partial charge in [-0.3, -0.25) is 14.2 Å². The summed E-state index contributed by atoms with van der Waals surface area (Å²) in [6, 6.07) is 12.6. The quantitative estimate of drug-likeness (QED) is 0.454. The molecular weight excluding hydrogens is 380 g/mol. The summed E-state index contributed by atoms with van der Waals surface area (Å²) >= 11 is 7.09. The molecule has 0 aliphatic rings. The van der Waals surface area contributed by atoms with Crippen molar-refractivity contribution < 1.29 is 4.79 Å². The Morgan fingerprint density at radius 3 is 2.48 bits per heavy atom. The minimum Gasteiger partial charge on any atom is -0.293 e. The summed E-state index contributed by atoms with van der Waals surface area (Å²) < 4.78 is 1.50. The third kappa shape index (κ3) is 4.31. The standard InChI is InChI=1S/C21H19ClN2O2S/c1-13-4-5-16(12-14(13)2)19(25)15(3)27-20-21(26)24(11-10-23-20)18-8-6-17(22)7-9-18/h4-12,15H,1-3H3/t15-/m0/s1. The normalized spacial score (nSPS) is 12.0. The number of ketones is 1. The zero-order chi connectivity index (χ0) is 19.6. The highest BCUT2D eigenvalue weighted by molar-refractivity contribution is 8.00. The molecule has 1 atom stereocenters. The Bertz CT molecular complexity index is 1040. The first-order valence-electron chi connectivity index (χ1n) is 8.48. The van der Waals surface area contributed by atoms with Crippen molar-refractivity contribution in [3.05, 3.63) is 86.9 Å². The maximum Gasteiger partial charge on any atom is 0.287 e. The lowest BCUT2D eigenvalue weighted by Crippen LogP contribution is -2.23. The molecule has 0 N–H and O–H groups in total. The summed E-state index contributed by atoms with van der Waals surface area (Å²) in [6.07, 6.45) is 3.16. The van der Waals surface area contributed by atoms with Gasteiger partial charge in [-0.2, -0.15) is 0 Å². The van der Waals surface area contributed by atoms with Crippen molar-refractivity contribution in [1.29, 1.82) is 0 Å². The first-order valence-corrected chi connectivity index (χ1v) is 9.74. The average Bonchev–Trinajstić information content (AvgIpc) is 2.66. The number of nitrogens with zero attached hydrogens (tertiary/aromatic N) is 2. The molecule has 0 unspecified atom stereocenters. The predicted molar refractivity (Wildman–Crippen MR) is 110 cm³/mol. The first-order chi connectivity index (χ1) is 12.9. The molecule has 0 spiro atoms. The highest BCUT2D eigenvalue weighted by Crippen LogP contribution is 2.23. The van der Waals surface area contributed by atoms with E-state index in [2.05, 4.69) is 4.98 Å². The maximum atomic E-state index is 12.8. The zero-order valence-electron chi connectivity index (χ0n) is 15.3. The number of rotatable bonds is 5. The van der Waals surface area contributed by atoms with E-state index in [9.17, 15) is 9.59 Å². The molecule has 4 nitrogen and oxygen atoms in total. The summed E-state index contributed by atoms with van der Waals surface area (Å²) in [5, 5.41) is 0.466. The highest BCUT2D eigenvalue weighted by atomic mass is 35.5. The van der Waals surface area contributed by atoms with Gasteiger partial charge in [0.25, 0.3) is 5.56 Å². The maximum absolute atomic E-state index is 12.8. The van der Waals surface area contributed by atoms with Gasteiger partial charge >= 0.3 is 0 Å². The van der Waals surface area contributed by atoms with E-state index in [0.717, 1.165) is 11.1 Å². The van der Waals surface area contributed by atoms with Gasteiger partial charge in [-0.25, -0.2) is 4.98 Å². The second-order valence-electron chi connectivity index (χ2n) is 6.31. The summed E-state index contributed by atoms with van der Waals surface area (Å²) in [5.74, 6) is -0.0220. The minimum atomic E-state index is -0.423. The number of aromatic nitrogens is 2. The molecule has 6 heteroatoms. The molecule has 0 radical (unpaired) electrons. The number of Topliss-reactive ketones (excluding diaryl/α,β-unsaturated/α-hetero) is 1. The molecule has 0 aliphatic carbocycles. The molecule has 3 aromatic rings. The van der Waals surface area contributed by atoms with E-state index in [1.165, 1.54) is 16.3 Å². The molecular formula is C21H19ClN2O2S. The van der Waals surface area contributed by atoms with E-state index in [1.807, 2.05) is 32.0 Å². The zero-order valence-corrected chi connectivity index (χ0v) is 16.8. The van der Waals surface area contributed by atoms with Crippen molar-refractivity contribution in [3.63, 3.8) is 0 Å². The van der Waals surface area contributed by atoms with Gasteiger partial charge in [-0.05, 0) is 62.2 Å². The van der Waals surface area contributed by atoms with Crippen LogP contribution in [0.1, 0.15) is 28.4 Å². The van der Waals surface area contributed by atoms with E-state index >= 15 is 0 Å². The van der Waals surface area contributed by atoms with Crippen LogP contribution >= 0.6 is 23.4 Å². The SMILES string of the molecule is Cc1ccc(C(=O)[C@H](C)Sc2nccn(-c3ccc(Cl)cc3)c2=O)cc1C. The van der Waals surface area contributed by atoms with Crippen molar-refractivity contribution in [1.82, 2.24) is 9.55 Å². The van der Waals surface area contributed by atoms with Crippen LogP contribution in [-0.2, 0) is 0 Å². The lowest BCUT2D eigenvalue weighted by molar-refractivity contribution is 0.0994. The Balaban J connectivity index is 1.86. The van der Waals surface area contributed by atoms with Crippen molar-refractivity contribution in [3.8, 4) is 5.69 Å². The lowest BCUT2D eigenvalue weighted by atomic mass is 10.0. The van der Waals surface area contributed by atoms with Gasteiger partial charge < -0.3 is 0 Å². The predicted octanol–water partition coefficient (Wildman–Crippen LogP) is 4.87. The number of hydrogen-bond acceptors (Lipinski definition) is 4. The second-order valence-corrected chi connectivity index (χ2v) is 8.07. The van der Waals surface area contributed by atoms with Crippen LogP contribution in [0.3, 0.4) is 0 Å². The van der Waals surface area contributed by atoms with Gasteiger partial charge in [0.05, 0.1) is 5.25 Å². The van der Waals surface area contributed by atoms with Crippen molar-refractivity contribution in [2.75, 3.05) is 0 Å². The fourth-order valence-electron chi connectivity index (χ4n) is 2.63. The van der Waals surface area contributed by atoms with Gasteiger partial charge in [-0.15, -0.1) is 0 Å². The molecule has 0 amide bonds. The van der Waals surface area contributed by atoms with Crippen LogP contribution in [0, 0.1) is 13.8 Å². The Hall–Kier alpha value is -2.37. The topological polar surface area (TPSA) is 52.0 Å². The molecule has 27 heavy (non-hydrogen) atoms. The highest BCUT2D eigenvalue weighted by Gasteiger charge is 2.20. The molecule has 0 bridgehead atoms. The molecule has 0 fully saturated rings. The summed E-state index contributed by atoms with van der Waals surface area (Å²) in [5.41, 5.74) is 3.29. The van der Waals surface area contributed by atoms with Crippen LogP contribution in [0.2, 0.25) is 5.02 Å². The lowest BCUT2D eigenvalue weighted by Gasteiger charge is -2.12. The number of halogens is 1. The summed E-state index contributed by atoms with van der Waals surface area (Å²) in [7, 11) is 0. The third-order valence-electron chi connectivity index (χ3n) is 4.36. The molecule has 2 aromatic carbocycles. The van der Waals surface area contributed by atoms with Gasteiger partial charge in [-0.1, -0.05) is 35.5 Å². The van der Waals surface area contributed by atoms with Gasteiger partial charge in [0.1, 0.15) is 0 Å². The Morgan fingerprint density at radius 1 is 1.11 bits per heavy atom. The molecule has 138 valence electrons. The number of carbonyl (C=O) groups is 1. The minimum absolute atomic E-state index is 0.0220. The Labute approximate surface area is 167 Å². The smallest absolute Gasteiger partial charge is 0.287 e. The monoisotopic (exact) mass is 398 g/mol. The van der Waals surface area contributed by atoms with Crippen LogP contribution in [0.25, 0.3) is 5.69 Å². The van der Waals surface area contributed by atoms with Gasteiger partial charge in [0.2, 0.25) is 0 Å². The Morgan fingerprint density at radius 2 is 1.81 bits per heavy atom. The van der Waals surface area contributed by atoms with E-state index in [4.69, 9.17) is 11.6 Å². The van der Waals surface area contributed by atoms with Crippen molar-refractivity contribution in [2.45, 2.75) is 31.0 Å². The summed E-state index contributed by atoms with van der Waals surface area (Å²) in [4.78, 5) is 29.7. The van der Waals surface area contributed by atoms with E-state index in [-0.39, 0.29) is 16.4 Å². The summed E-state index contributed by atoms with van der Waals surface area (Å²) in [6.45, 7) is 5.78. The van der Waals surface area contributed by atoms with Gasteiger partial charge in [0.15, 0.2) is 10.8 Å². The van der Waals surface area contributed by atoms with Crippen molar-refractivity contribution in [2.24, 2.45) is 0 Å². The van der Waals surface area contributed by atoms with Crippen LogP contribution in [-0.4, -0.2) is 20.6 Å². The largest absolute Gasteiger partial charge is 0.293 e. The van der Waals surface area contributed by atoms with E-state index in [0.29, 0.717) is 16.3 Å². The number of carbonyl (C=O) groups excluding carboxylic acids is 1. The fraction of sp³-hybridized carbons (Fsp3) is 0.190. The van der Waals surface area contributed by atoms with Crippen LogP contribution in [0.5, 0.6) is 0 Å². The third-order valence-corrected chi connectivity index (χ3v) is 5.69. The molecule has 1 heterocycles. The molecule has 1 aromatic heterocycles. The second kappa shape index (κ2) is 8.11. The first kappa shape index (κ1) is 19.4. The van der Waals surface area contributed by atoms with Crippen LogP contribution in [0.4, 0.5) is 0 Å². The van der Waals surface area contributed by atoms with Crippen LogP contribution < -0.4 is 5.56 Å². The number of thioether (sulfide) groups is 1. The number of benzene rings is 2. The van der Waals surface area contributed by atoms with E-state index < -0.39 is 5.25 Å². The van der Waals surface area contributed by atoms with Crippen molar-refractivity contribution >= 4 is 29.1 Å². The number of aryl methyl sites for hydroxylation is 2. The Kier molecular flexibility index (Phi) is 5.82. The molecule has 3 rings (SSSR count). The molecule has 0 aliphatic heterocycles. The fourth-order valence-corrected chi connectivity index (χ4v) is 3.65. The molecule has 0 saturated heterocycles. The van der Waals surface area contributed by atoms with Gasteiger partial charge in [0, 0.05) is 28.7 Å². The van der Waals surface area contributed by atoms with E-state index in [1.54, 1.807) is 43.6 Å². The average molecular weight is 399 g/mol. The number of hydrogen-bond donors (Lipinski definition) is 0. The molecule has 0 saturated carbocycles. The van der Waals surface area contributed by atoms with Crippen LogP contribution in [0.15, 0.2) is 64.7 Å².